The number of aliphatic hydroxyl groups is 1. The van der Waals surface area contributed by atoms with Crippen LogP contribution in [0.3, 0.4) is 0 Å². The predicted molar refractivity (Wildman–Crippen MR) is 113 cm³/mol. The van der Waals surface area contributed by atoms with Crippen LogP contribution in [0.25, 0.3) is 11.3 Å². The number of anilines is 4. The van der Waals surface area contributed by atoms with Crippen molar-refractivity contribution in [3.8, 4) is 11.3 Å². The summed E-state index contributed by atoms with van der Waals surface area (Å²) in [7, 11) is 0. The van der Waals surface area contributed by atoms with E-state index in [1.807, 2.05) is 30.3 Å². The second-order valence-electron chi connectivity index (χ2n) is 6.80. The van der Waals surface area contributed by atoms with Gasteiger partial charge in [-0.15, -0.1) is 0 Å². The maximum Gasteiger partial charge on any atom is 0.229 e. The average Bonchev–Trinajstić information content (AvgIpc) is 2.74. The Bertz CT molecular complexity index is 998. The molecule has 4 rings (SSSR count). The van der Waals surface area contributed by atoms with Crippen molar-refractivity contribution in [3.63, 3.8) is 0 Å². The third-order valence-corrected chi connectivity index (χ3v) is 4.64. The van der Waals surface area contributed by atoms with Gasteiger partial charge in [0.2, 0.25) is 5.95 Å². The molecule has 2 aromatic heterocycles. The molecule has 9 nitrogen and oxygen atoms in total. The van der Waals surface area contributed by atoms with Crippen LogP contribution in [0.5, 0.6) is 0 Å². The lowest BCUT2D eigenvalue weighted by molar-refractivity contribution is 0.152. The molecule has 0 radical (unpaired) electrons. The lowest BCUT2D eigenvalue weighted by Gasteiger charge is -2.18. The first-order chi connectivity index (χ1) is 14.2. The summed E-state index contributed by atoms with van der Waals surface area (Å²) in [6, 6.07) is 11.3. The second kappa shape index (κ2) is 8.61. The Morgan fingerprint density at radius 2 is 1.86 bits per heavy atom. The lowest BCUT2D eigenvalue weighted by atomic mass is 9.96. The molecule has 9 heteroatoms. The summed E-state index contributed by atoms with van der Waals surface area (Å²) in [5.74, 6) is 1.30. The van der Waals surface area contributed by atoms with Gasteiger partial charge in [0.25, 0.3) is 0 Å². The molecule has 1 aliphatic rings. The maximum absolute atomic E-state index is 9.68. The largest absolute Gasteiger partial charge is 0.393 e. The van der Waals surface area contributed by atoms with Crippen molar-refractivity contribution in [1.29, 1.82) is 0 Å². The third-order valence-electron chi connectivity index (χ3n) is 4.64. The Hall–Kier alpha value is -3.59. The number of benzene rings is 1. The standard InChI is InChI=1S/C20H22N8O/c21-18-10-17(23-12-24-18)16-11-22-20(25-13-4-2-1-3-5-13)26-19(16)28-27-14-6-8-15(29)9-7-14/h1-5,10-12,15,29H,6-9H2,(H2,21,23,24)(H2,22,25,26,28). The van der Waals surface area contributed by atoms with Gasteiger partial charge in [-0.25, -0.2) is 15.0 Å². The summed E-state index contributed by atoms with van der Waals surface area (Å²) in [5, 5.41) is 17.4. The van der Waals surface area contributed by atoms with Gasteiger partial charge in [-0.2, -0.15) is 10.1 Å². The molecule has 1 aromatic carbocycles. The van der Waals surface area contributed by atoms with Gasteiger partial charge in [-0.05, 0) is 37.8 Å². The summed E-state index contributed by atoms with van der Waals surface area (Å²) in [6.45, 7) is 0. The zero-order valence-corrected chi connectivity index (χ0v) is 15.8. The fourth-order valence-electron chi connectivity index (χ4n) is 3.06. The van der Waals surface area contributed by atoms with E-state index in [4.69, 9.17) is 5.73 Å². The fraction of sp³-hybridized carbons (Fsp3) is 0.250. The first kappa shape index (κ1) is 18.8. The van der Waals surface area contributed by atoms with Crippen LogP contribution >= 0.6 is 0 Å². The van der Waals surface area contributed by atoms with Crippen LogP contribution < -0.4 is 16.5 Å². The Morgan fingerprint density at radius 1 is 1.07 bits per heavy atom. The Balaban J connectivity index is 1.64. The molecule has 2 heterocycles. The summed E-state index contributed by atoms with van der Waals surface area (Å²) in [5.41, 5.74) is 12.0. The van der Waals surface area contributed by atoms with Crippen molar-refractivity contribution >= 4 is 29.0 Å². The highest BCUT2D eigenvalue weighted by atomic mass is 16.3. The van der Waals surface area contributed by atoms with Crippen LogP contribution in [0, 0.1) is 0 Å². The third kappa shape index (κ3) is 4.82. The number of nitrogens with zero attached hydrogens (tertiary/aromatic N) is 5. The minimum atomic E-state index is -0.241. The SMILES string of the molecule is Nc1cc(-c2cnc(Nc3ccccc3)nc2NN=C2CCC(O)CC2)ncn1. The predicted octanol–water partition coefficient (Wildman–Crippen LogP) is 2.96. The Morgan fingerprint density at radius 3 is 2.62 bits per heavy atom. The fourth-order valence-corrected chi connectivity index (χ4v) is 3.06. The number of aliphatic hydroxyl groups excluding tert-OH is 1. The molecule has 0 amide bonds. The highest BCUT2D eigenvalue weighted by molar-refractivity contribution is 5.86. The van der Waals surface area contributed by atoms with E-state index in [2.05, 4.69) is 35.8 Å². The average molecular weight is 390 g/mol. The summed E-state index contributed by atoms with van der Waals surface area (Å²) in [6.07, 6.45) is 5.79. The van der Waals surface area contributed by atoms with Crippen LogP contribution in [0.15, 0.2) is 54.0 Å². The van der Waals surface area contributed by atoms with Gasteiger partial charge in [0.05, 0.1) is 17.4 Å². The van der Waals surface area contributed by atoms with Gasteiger partial charge < -0.3 is 16.2 Å². The summed E-state index contributed by atoms with van der Waals surface area (Å²) >= 11 is 0. The molecule has 1 saturated carbocycles. The van der Waals surface area contributed by atoms with Crippen LogP contribution in [-0.4, -0.2) is 36.9 Å². The maximum atomic E-state index is 9.68. The monoisotopic (exact) mass is 390 g/mol. The normalized spacial score (nSPS) is 16.3. The van der Waals surface area contributed by atoms with E-state index in [0.29, 0.717) is 28.8 Å². The molecule has 148 valence electrons. The molecular formula is C20H22N8O. The Labute approximate surface area is 168 Å². The van der Waals surface area contributed by atoms with Crippen molar-refractivity contribution in [2.75, 3.05) is 16.5 Å². The van der Waals surface area contributed by atoms with Crippen LogP contribution in [0.1, 0.15) is 25.7 Å². The molecular weight excluding hydrogens is 368 g/mol. The molecule has 1 aliphatic carbocycles. The van der Waals surface area contributed by atoms with Crippen molar-refractivity contribution < 1.29 is 5.11 Å². The van der Waals surface area contributed by atoms with Crippen molar-refractivity contribution in [3.05, 3.63) is 48.9 Å². The topological polar surface area (TPSA) is 134 Å². The van der Waals surface area contributed by atoms with Gasteiger partial charge in [0, 0.05) is 23.7 Å². The molecule has 29 heavy (non-hydrogen) atoms. The number of nitrogen functional groups attached to an aromatic ring is 1. The zero-order chi connectivity index (χ0) is 20.1. The van der Waals surface area contributed by atoms with Crippen LogP contribution in [-0.2, 0) is 0 Å². The molecule has 3 aromatic rings. The number of nitrogens with one attached hydrogen (secondary N) is 2. The molecule has 0 atom stereocenters. The number of hydrogen-bond donors (Lipinski definition) is 4. The first-order valence-corrected chi connectivity index (χ1v) is 9.44. The molecule has 0 bridgehead atoms. The van der Waals surface area contributed by atoms with E-state index < -0.39 is 0 Å². The number of nitrogens with two attached hydrogens (primary N) is 1. The van der Waals surface area contributed by atoms with E-state index in [1.165, 1.54) is 6.33 Å². The number of hydrogen-bond acceptors (Lipinski definition) is 9. The number of aromatic nitrogens is 4. The minimum absolute atomic E-state index is 0.241. The lowest BCUT2D eigenvalue weighted by Crippen LogP contribution is -2.19. The zero-order valence-electron chi connectivity index (χ0n) is 15.8. The highest BCUT2D eigenvalue weighted by Crippen LogP contribution is 2.27. The Kier molecular flexibility index (Phi) is 5.57. The number of para-hydroxylation sites is 1. The number of rotatable bonds is 5. The van der Waals surface area contributed by atoms with E-state index in [0.717, 1.165) is 37.1 Å². The smallest absolute Gasteiger partial charge is 0.229 e. The van der Waals surface area contributed by atoms with Crippen molar-refractivity contribution in [1.82, 2.24) is 19.9 Å². The van der Waals surface area contributed by atoms with Crippen LogP contribution in [0.2, 0.25) is 0 Å². The van der Waals surface area contributed by atoms with Gasteiger partial charge in [-0.1, -0.05) is 18.2 Å². The van der Waals surface area contributed by atoms with E-state index >= 15 is 0 Å². The van der Waals surface area contributed by atoms with E-state index in [9.17, 15) is 5.11 Å². The van der Waals surface area contributed by atoms with Gasteiger partial charge in [0.15, 0.2) is 5.82 Å². The molecule has 5 N–H and O–H groups in total. The van der Waals surface area contributed by atoms with E-state index in [-0.39, 0.29) is 6.10 Å². The molecule has 0 aliphatic heterocycles. The van der Waals surface area contributed by atoms with E-state index in [1.54, 1.807) is 12.3 Å². The second-order valence-corrected chi connectivity index (χ2v) is 6.80. The van der Waals surface area contributed by atoms with Gasteiger partial charge >= 0.3 is 0 Å². The van der Waals surface area contributed by atoms with Gasteiger partial charge in [-0.3, -0.25) is 5.43 Å². The molecule has 0 saturated heterocycles. The van der Waals surface area contributed by atoms with Crippen molar-refractivity contribution in [2.45, 2.75) is 31.8 Å². The molecule has 0 unspecified atom stereocenters. The highest BCUT2D eigenvalue weighted by Gasteiger charge is 2.16. The summed E-state index contributed by atoms with van der Waals surface area (Å²) < 4.78 is 0. The minimum Gasteiger partial charge on any atom is -0.393 e. The summed E-state index contributed by atoms with van der Waals surface area (Å²) in [4.78, 5) is 17.2. The van der Waals surface area contributed by atoms with Crippen LogP contribution in [0.4, 0.5) is 23.3 Å². The molecule has 0 spiro atoms. The quantitative estimate of drug-likeness (QED) is 0.489. The molecule has 1 fully saturated rings. The van der Waals surface area contributed by atoms with Gasteiger partial charge in [0.1, 0.15) is 12.1 Å². The number of hydrazone groups is 1. The van der Waals surface area contributed by atoms with Crippen molar-refractivity contribution in [2.24, 2.45) is 5.10 Å². The first-order valence-electron chi connectivity index (χ1n) is 9.44.